The molecule has 30 heavy (non-hydrogen) atoms. The Morgan fingerprint density at radius 1 is 1.07 bits per heavy atom. The summed E-state index contributed by atoms with van der Waals surface area (Å²) < 4.78 is 15.0. The van der Waals surface area contributed by atoms with Crippen LogP contribution in [0.1, 0.15) is 5.56 Å². The molecule has 0 aliphatic carbocycles. The molecular formula is C22H18FN5OS. The maximum absolute atomic E-state index is 13.0. The number of para-hydroxylation sites is 1. The largest absolute Gasteiger partial charge is 0.325 e. The lowest BCUT2D eigenvalue weighted by Gasteiger charge is -2.12. The molecule has 0 bridgehead atoms. The van der Waals surface area contributed by atoms with E-state index in [1.165, 1.54) is 36.0 Å². The first kappa shape index (κ1) is 19.8. The van der Waals surface area contributed by atoms with E-state index in [9.17, 15) is 9.18 Å². The SMILES string of the molecule is Cc1ccccc1-n1c(SCC(=O)Nc2ccc(F)cc2)nnc1-c1cccnc1. The fourth-order valence-corrected chi connectivity index (χ4v) is 3.68. The third kappa shape index (κ3) is 4.38. The number of nitrogens with one attached hydrogen (secondary N) is 1. The van der Waals surface area contributed by atoms with E-state index in [-0.39, 0.29) is 17.5 Å². The van der Waals surface area contributed by atoms with Gasteiger partial charge in [0.2, 0.25) is 5.91 Å². The number of pyridine rings is 1. The van der Waals surface area contributed by atoms with E-state index in [1.807, 2.05) is 47.9 Å². The third-order valence-electron chi connectivity index (χ3n) is 4.37. The lowest BCUT2D eigenvalue weighted by molar-refractivity contribution is -0.113. The third-order valence-corrected chi connectivity index (χ3v) is 5.30. The zero-order valence-electron chi connectivity index (χ0n) is 16.1. The lowest BCUT2D eigenvalue weighted by Crippen LogP contribution is -2.14. The molecule has 0 radical (unpaired) electrons. The van der Waals surface area contributed by atoms with Gasteiger partial charge < -0.3 is 5.32 Å². The van der Waals surface area contributed by atoms with Crippen molar-refractivity contribution in [2.75, 3.05) is 11.1 Å². The zero-order valence-corrected chi connectivity index (χ0v) is 16.9. The van der Waals surface area contributed by atoms with Crippen LogP contribution in [0.15, 0.2) is 78.2 Å². The van der Waals surface area contributed by atoms with E-state index in [2.05, 4.69) is 20.5 Å². The summed E-state index contributed by atoms with van der Waals surface area (Å²) in [6, 6.07) is 17.3. The van der Waals surface area contributed by atoms with E-state index in [4.69, 9.17) is 0 Å². The Bertz CT molecular complexity index is 1160. The van der Waals surface area contributed by atoms with Crippen molar-refractivity contribution in [3.63, 3.8) is 0 Å². The van der Waals surface area contributed by atoms with Crippen molar-refractivity contribution in [2.24, 2.45) is 0 Å². The fourth-order valence-electron chi connectivity index (χ4n) is 2.94. The van der Waals surface area contributed by atoms with Crippen molar-refractivity contribution in [1.29, 1.82) is 0 Å². The number of carbonyl (C=O) groups is 1. The van der Waals surface area contributed by atoms with Gasteiger partial charge in [0.05, 0.1) is 11.4 Å². The Hall–Kier alpha value is -3.52. The minimum Gasteiger partial charge on any atom is -0.325 e. The van der Waals surface area contributed by atoms with E-state index >= 15 is 0 Å². The second-order valence-corrected chi connectivity index (χ2v) is 7.46. The molecule has 0 unspecified atom stereocenters. The van der Waals surface area contributed by atoms with Gasteiger partial charge in [-0.15, -0.1) is 10.2 Å². The monoisotopic (exact) mass is 419 g/mol. The summed E-state index contributed by atoms with van der Waals surface area (Å²) in [7, 11) is 0. The first-order valence-electron chi connectivity index (χ1n) is 9.22. The number of thioether (sulfide) groups is 1. The number of halogens is 1. The molecule has 4 rings (SSSR count). The minimum atomic E-state index is -0.350. The van der Waals surface area contributed by atoms with Gasteiger partial charge in [-0.1, -0.05) is 30.0 Å². The molecule has 8 heteroatoms. The van der Waals surface area contributed by atoms with Crippen molar-refractivity contribution in [2.45, 2.75) is 12.1 Å². The minimum absolute atomic E-state index is 0.133. The highest BCUT2D eigenvalue weighted by atomic mass is 32.2. The second kappa shape index (κ2) is 8.87. The van der Waals surface area contributed by atoms with Gasteiger partial charge >= 0.3 is 0 Å². The molecule has 0 spiro atoms. The number of benzene rings is 2. The summed E-state index contributed by atoms with van der Waals surface area (Å²) in [6.07, 6.45) is 3.43. The van der Waals surface area contributed by atoms with E-state index < -0.39 is 0 Å². The Morgan fingerprint density at radius 2 is 1.87 bits per heavy atom. The maximum Gasteiger partial charge on any atom is 0.234 e. The summed E-state index contributed by atoms with van der Waals surface area (Å²) >= 11 is 1.28. The molecule has 1 N–H and O–H groups in total. The van der Waals surface area contributed by atoms with Crippen LogP contribution >= 0.6 is 11.8 Å². The number of hydrogen-bond donors (Lipinski definition) is 1. The molecule has 0 aliphatic rings. The number of hydrogen-bond acceptors (Lipinski definition) is 5. The predicted octanol–water partition coefficient (Wildman–Crippen LogP) is 4.51. The van der Waals surface area contributed by atoms with Crippen LogP contribution in [-0.4, -0.2) is 31.4 Å². The molecule has 6 nitrogen and oxygen atoms in total. The Balaban J connectivity index is 1.60. The summed E-state index contributed by atoms with van der Waals surface area (Å²) in [5.74, 6) is 0.221. The van der Waals surface area contributed by atoms with Crippen molar-refractivity contribution in [1.82, 2.24) is 19.7 Å². The highest BCUT2D eigenvalue weighted by Crippen LogP contribution is 2.29. The van der Waals surface area contributed by atoms with Crippen molar-refractivity contribution >= 4 is 23.4 Å². The van der Waals surface area contributed by atoms with E-state index in [1.54, 1.807) is 12.4 Å². The van der Waals surface area contributed by atoms with Crippen LogP contribution in [0, 0.1) is 12.7 Å². The van der Waals surface area contributed by atoms with Crippen LogP contribution in [0.4, 0.5) is 10.1 Å². The highest BCUT2D eigenvalue weighted by molar-refractivity contribution is 7.99. The standard InChI is InChI=1S/C22H18FN5OS/c1-15-5-2-3-7-19(15)28-21(16-6-4-12-24-13-16)26-27-22(28)30-14-20(29)25-18-10-8-17(23)9-11-18/h2-13H,14H2,1H3,(H,25,29). The predicted molar refractivity (Wildman–Crippen MR) is 115 cm³/mol. The number of nitrogens with zero attached hydrogens (tertiary/aromatic N) is 4. The molecule has 2 aromatic carbocycles. The molecule has 1 amide bonds. The molecule has 2 heterocycles. The second-order valence-electron chi connectivity index (χ2n) is 6.51. The smallest absolute Gasteiger partial charge is 0.234 e. The molecule has 0 fully saturated rings. The average molecular weight is 419 g/mol. The molecule has 150 valence electrons. The number of amides is 1. The Kier molecular flexibility index (Phi) is 5.85. The summed E-state index contributed by atoms with van der Waals surface area (Å²) in [4.78, 5) is 16.5. The van der Waals surface area contributed by atoms with E-state index in [0.717, 1.165) is 16.8 Å². The number of aromatic nitrogens is 4. The van der Waals surface area contributed by atoms with Gasteiger partial charge in [0.25, 0.3) is 0 Å². The van der Waals surface area contributed by atoms with Crippen LogP contribution in [0.3, 0.4) is 0 Å². The van der Waals surface area contributed by atoms with Crippen LogP contribution in [0.5, 0.6) is 0 Å². The molecule has 4 aromatic rings. The maximum atomic E-state index is 13.0. The van der Waals surface area contributed by atoms with Crippen LogP contribution in [-0.2, 0) is 4.79 Å². The van der Waals surface area contributed by atoms with Crippen LogP contribution in [0.2, 0.25) is 0 Å². The topological polar surface area (TPSA) is 72.7 Å². The quantitative estimate of drug-likeness (QED) is 0.466. The number of rotatable bonds is 6. The Labute approximate surface area is 177 Å². The van der Waals surface area contributed by atoms with Gasteiger partial charge in [0, 0.05) is 23.6 Å². The van der Waals surface area contributed by atoms with Gasteiger partial charge in [-0.05, 0) is 55.0 Å². The fraction of sp³-hybridized carbons (Fsp3) is 0.0909. The van der Waals surface area contributed by atoms with Crippen LogP contribution < -0.4 is 5.32 Å². The highest BCUT2D eigenvalue weighted by Gasteiger charge is 2.18. The first-order chi connectivity index (χ1) is 14.6. The number of aryl methyl sites for hydroxylation is 1. The van der Waals surface area contributed by atoms with Crippen molar-refractivity contribution in [3.05, 3.63) is 84.4 Å². The van der Waals surface area contributed by atoms with Crippen LogP contribution in [0.25, 0.3) is 17.1 Å². The van der Waals surface area contributed by atoms with Crippen molar-refractivity contribution < 1.29 is 9.18 Å². The molecular weight excluding hydrogens is 401 g/mol. The zero-order chi connectivity index (χ0) is 20.9. The van der Waals surface area contributed by atoms with Gasteiger partial charge in [-0.3, -0.25) is 14.3 Å². The van der Waals surface area contributed by atoms with Gasteiger partial charge in [0.1, 0.15) is 5.82 Å². The molecule has 0 aliphatic heterocycles. The van der Waals surface area contributed by atoms with Gasteiger partial charge in [-0.25, -0.2) is 4.39 Å². The Morgan fingerprint density at radius 3 is 2.60 bits per heavy atom. The first-order valence-corrected chi connectivity index (χ1v) is 10.2. The molecule has 2 aromatic heterocycles. The summed E-state index contributed by atoms with van der Waals surface area (Å²) in [5.41, 5.74) is 3.36. The molecule has 0 saturated heterocycles. The van der Waals surface area contributed by atoms with Gasteiger partial charge in [-0.2, -0.15) is 0 Å². The normalized spacial score (nSPS) is 10.7. The molecule has 0 saturated carbocycles. The van der Waals surface area contributed by atoms with Crippen molar-refractivity contribution in [3.8, 4) is 17.1 Å². The summed E-state index contributed by atoms with van der Waals surface area (Å²) in [5, 5.41) is 12.0. The number of anilines is 1. The number of carbonyl (C=O) groups excluding carboxylic acids is 1. The molecule has 0 atom stereocenters. The average Bonchev–Trinajstić information content (AvgIpc) is 3.18. The van der Waals surface area contributed by atoms with Gasteiger partial charge in [0.15, 0.2) is 11.0 Å². The summed E-state index contributed by atoms with van der Waals surface area (Å²) in [6.45, 7) is 2.01. The lowest BCUT2D eigenvalue weighted by atomic mass is 10.2. The van der Waals surface area contributed by atoms with E-state index in [0.29, 0.717) is 16.7 Å².